The summed E-state index contributed by atoms with van der Waals surface area (Å²) >= 11 is 0. The van der Waals surface area contributed by atoms with Gasteiger partial charge < -0.3 is 36.1 Å². The highest BCUT2D eigenvalue weighted by Crippen LogP contribution is 2.21. The van der Waals surface area contributed by atoms with E-state index in [1.165, 1.54) is 4.90 Å². The van der Waals surface area contributed by atoms with E-state index in [1.807, 2.05) is 13.8 Å². The third kappa shape index (κ3) is 13.5. The summed E-state index contributed by atoms with van der Waals surface area (Å²) in [5.41, 5.74) is 4.22. The van der Waals surface area contributed by atoms with Crippen molar-refractivity contribution in [2.24, 2.45) is 11.7 Å². The van der Waals surface area contributed by atoms with Gasteiger partial charge in [-0.2, -0.15) is 0 Å². The molecule has 12 heteroatoms. The topological polar surface area (TPSA) is 169 Å². The molecule has 0 unspecified atom stereocenters. The fourth-order valence-corrected chi connectivity index (χ4v) is 4.18. The molecule has 3 atom stereocenters. The fourth-order valence-electron chi connectivity index (χ4n) is 4.18. The van der Waals surface area contributed by atoms with Gasteiger partial charge in [-0.25, -0.2) is 9.59 Å². The molecule has 0 radical (unpaired) electrons. The zero-order valence-electron chi connectivity index (χ0n) is 24.8. The number of carbonyl (C=O) groups excluding carboxylic acids is 5. The molecular formula is C27H49N5O7. The van der Waals surface area contributed by atoms with Crippen LogP contribution in [0.15, 0.2) is 0 Å². The molecule has 0 aliphatic carbocycles. The van der Waals surface area contributed by atoms with Crippen molar-refractivity contribution in [3.8, 4) is 0 Å². The summed E-state index contributed by atoms with van der Waals surface area (Å²) < 4.78 is 10.5. The predicted octanol–water partition coefficient (Wildman–Crippen LogP) is 2.58. The molecule has 1 fully saturated rings. The Morgan fingerprint density at radius 2 is 1.49 bits per heavy atom. The third-order valence-electron chi connectivity index (χ3n) is 5.78. The maximum atomic E-state index is 13.4. The van der Waals surface area contributed by atoms with Crippen LogP contribution in [0, 0.1) is 5.92 Å². The molecule has 5 amide bonds. The van der Waals surface area contributed by atoms with E-state index in [2.05, 4.69) is 16.0 Å². The molecule has 1 saturated heterocycles. The summed E-state index contributed by atoms with van der Waals surface area (Å²) in [6, 6.07) is -2.54. The van der Waals surface area contributed by atoms with Gasteiger partial charge >= 0.3 is 12.2 Å². The number of rotatable bonds is 12. The van der Waals surface area contributed by atoms with Crippen LogP contribution in [0.3, 0.4) is 0 Å². The van der Waals surface area contributed by atoms with Crippen molar-refractivity contribution in [3.05, 3.63) is 0 Å². The molecule has 0 spiro atoms. The molecule has 224 valence electrons. The predicted molar refractivity (Wildman–Crippen MR) is 147 cm³/mol. The Bertz CT molecular complexity index is 864. The standard InChI is InChI=1S/C27H49N5O7/c1-17(2)16-19(31-25(37)39-27(6,7)8)23(35)32-15-11-13-20(32)22(34)30-18(21(28)33)12-9-10-14-29-24(36)38-26(3,4)5/h17-20H,9-16H2,1-8H3,(H2,28,33)(H,29,36)(H,30,34)(H,31,37)/t18-,19-,20-/m0/s1. The lowest BCUT2D eigenvalue weighted by Crippen LogP contribution is -2.56. The lowest BCUT2D eigenvalue weighted by molar-refractivity contribution is -0.141. The fraction of sp³-hybridized carbons (Fsp3) is 0.815. The van der Waals surface area contributed by atoms with E-state index in [0.717, 1.165) is 0 Å². The number of likely N-dealkylation sites (tertiary alicyclic amines) is 1. The molecular weight excluding hydrogens is 506 g/mol. The highest BCUT2D eigenvalue weighted by Gasteiger charge is 2.39. The average molecular weight is 556 g/mol. The number of hydrogen-bond acceptors (Lipinski definition) is 7. The van der Waals surface area contributed by atoms with Crippen molar-refractivity contribution >= 4 is 29.9 Å². The molecule has 0 bridgehead atoms. The van der Waals surface area contributed by atoms with Crippen molar-refractivity contribution in [2.45, 2.75) is 123 Å². The Labute approximate surface area is 232 Å². The molecule has 1 aliphatic heterocycles. The first kappa shape index (κ1) is 34.0. The Balaban J connectivity index is 2.74. The molecule has 1 aliphatic rings. The van der Waals surface area contributed by atoms with Crippen LogP contribution in [0.1, 0.15) is 93.9 Å². The Morgan fingerprint density at radius 3 is 2.03 bits per heavy atom. The Morgan fingerprint density at radius 1 is 0.897 bits per heavy atom. The minimum atomic E-state index is -0.914. The minimum absolute atomic E-state index is 0.104. The van der Waals surface area contributed by atoms with Crippen molar-refractivity contribution in [1.29, 1.82) is 0 Å². The third-order valence-corrected chi connectivity index (χ3v) is 5.78. The molecule has 39 heavy (non-hydrogen) atoms. The van der Waals surface area contributed by atoms with E-state index in [9.17, 15) is 24.0 Å². The molecule has 1 rings (SSSR count). The van der Waals surface area contributed by atoms with E-state index >= 15 is 0 Å². The zero-order valence-corrected chi connectivity index (χ0v) is 24.8. The number of primary amides is 1. The number of ether oxygens (including phenoxy) is 2. The van der Waals surface area contributed by atoms with E-state index in [0.29, 0.717) is 45.2 Å². The van der Waals surface area contributed by atoms with Crippen LogP contribution in [0.4, 0.5) is 9.59 Å². The molecule has 12 nitrogen and oxygen atoms in total. The molecule has 1 heterocycles. The van der Waals surface area contributed by atoms with E-state index < -0.39 is 53.3 Å². The van der Waals surface area contributed by atoms with Gasteiger partial charge in [-0.15, -0.1) is 0 Å². The highest BCUT2D eigenvalue weighted by molar-refractivity contribution is 5.94. The number of nitrogens with zero attached hydrogens (tertiary/aromatic N) is 1. The summed E-state index contributed by atoms with van der Waals surface area (Å²) in [7, 11) is 0. The van der Waals surface area contributed by atoms with Crippen molar-refractivity contribution in [1.82, 2.24) is 20.9 Å². The van der Waals surface area contributed by atoms with Crippen LogP contribution >= 0.6 is 0 Å². The molecule has 0 aromatic rings. The molecule has 0 aromatic carbocycles. The number of alkyl carbamates (subject to hydrolysis) is 2. The normalized spacial score (nSPS) is 17.3. The van der Waals surface area contributed by atoms with Crippen LogP contribution in [0.2, 0.25) is 0 Å². The first-order valence-corrected chi connectivity index (χ1v) is 13.8. The summed E-state index contributed by atoms with van der Waals surface area (Å²) in [4.78, 5) is 64.2. The Hall–Kier alpha value is -3.05. The van der Waals surface area contributed by atoms with Crippen LogP contribution in [-0.4, -0.2) is 77.2 Å². The molecule has 0 aromatic heterocycles. The van der Waals surface area contributed by atoms with Gasteiger partial charge in [-0.1, -0.05) is 13.8 Å². The second-order valence-corrected chi connectivity index (χ2v) is 12.4. The zero-order chi connectivity index (χ0) is 30.0. The van der Waals surface area contributed by atoms with Gasteiger partial charge in [0.25, 0.3) is 0 Å². The maximum absolute atomic E-state index is 13.4. The van der Waals surface area contributed by atoms with Crippen molar-refractivity contribution in [3.63, 3.8) is 0 Å². The summed E-state index contributed by atoms with van der Waals surface area (Å²) in [6.07, 6.45) is 1.57. The second kappa shape index (κ2) is 14.9. The van der Waals surface area contributed by atoms with E-state index in [1.54, 1.807) is 41.5 Å². The smallest absolute Gasteiger partial charge is 0.408 e. The van der Waals surface area contributed by atoms with E-state index in [4.69, 9.17) is 15.2 Å². The van der Waals surface area contributed by atoms with Crippen molar-refractivity contribution in [2.75, 3.05) is 13.1 Å². The number of carbonyl (C=O) groups is 5. The average Bonchev–Trinajstić information content (AvgIpc) is 3.24. The highest BCUT2D eigenvalue weighted by atomic mass is 16.6. The molecule has 0 saturated carbocycles. The van der Waals surface area contributed by atoms with Crippen LogP contribution in [-0.2, 0) is 23.9 Å². The van der Waals surface area contributed by atoms with Gasteiger partial charge in [0.05, 0.1) is 0 Å². The summed E-state index contributed by atoms with van der Waals surface area (Å²) in [6.45, 7) is 15.1. The van der Waals surface area contributed by atoms with Crippen LogP contribution < -0.4 is 21.7 Å². The number of amides is 5. The molecule has 5 N–H and O–H groups in total. The Kier molecular flexibility index (Phi) is 13.0. The van der Waals surface area contributed by atoms with Gasteiger partial charge in [0.2, 0.25) is 17.7 Å². The lowest BCUT2D eigenvalue weighted by Gasteiger charge is -2.30. The number of nitrogens with one attached hydrogen (secondary N) is 3. The SMILES string of the molecule is CC(C)C[C@H](NC(=O)OC(C)(C)C)C(=O)N1CCC[C@H]1C(=O)N[C@@H](CCCCNC(=O)OC(C)(C)C)C(N)=O. The largest absolute Gasteiger partial charge is 0.444 e. The monoisotopic (exact) mass is 555 g/mol. The van der Waals surface area contributed by atoms with Crippen LogP contribution in [0.25, 0.3) is 0 Å². The number of unbranched alkanes of at least 4 members (excludes halogenated alkanes) is 1. The van der Waals surface area contributed by atoms with Gasteiger partial charge in [-0.05, 0) is 86.0 Å². The summed E-state index contributed by atoms with van der Waals surface area (Å²) in [5, 5.41) is 8.01. The van der Waals surface area contributed by atoms with Gasteiger partial charge in [0.15, 0.2) is 0 Å². The lowest BCUT2D eigenvalue weighted by atomic mass is 10.0. The number of nitrogens with two attached hydrogens (primary N) is 1. The van der Waals surface area contributed by atoms with Crippen LogP contribution in [0.5, 0.6) is 0 Å². The maximum Gasteiger partial charge on any atom is 0.408 e. The number of hydrogen-bond donors (Lipinski definition) is 4. The first-order valence-electron chi connectivity index (χ1n) is 13.8. The van der Waals surface area contributed by atoms with Gasteiger partial charge in [-0.3, -0.25) is 14.4 Å². The van der Waals surface area contributed by atoms with Crippen molar-refractivity contribution < 1.29 is 33.4 Å². The van der Waals surface area contributed by atoms with E-state index in [-0.39, 0.29) is 18.2 Å². The summed E-state index contributed by atoms with van der Waals surface area (Å²) in [5.74, 6) is -1.40. The quantitative estimate of drug-likeness (QED) is 0.268. The second-order valence-electron chi connectivity index (χ2n) is 12.4. The van der Waals surface area contributed by atoms with Gasteiger partial charge in [0.1, 0.15) is 29.3 Å². The first-order chi connectivity index (χ1) is 17.9. The minimum Gasteiger partial charge on any atom is -0.444 e. The van der Waals surface area contributed by atoms with Gasteiger partial charge in [0, 0.05) is 13.1 Å².